The van der Waals surface area contributed by atoms with Gasteiger partial charge < -0.3 is 37.4 Å². The highest BCUT2D eigenvalue weighted by molar-refractivity contribution is 7.20. The van der Waals surface area contributed by atoms with Gasteiger partial charge in [-0.25, -0.2) is 14.8 Å². The SMILES string of the molecule is NC(=O)C1CCN(c2ccccc2N)CC1.NC(=O)C1CCN(c2ccccc2NC(=O)c2csc(-c3cccs3)n2)CC1.O=C(O)c1csc(-c2cccs2)n1. The van der Waals surface area contributed by atoms with Gasteiger partial charge in [0.05, 0.1) is 32.5 Å². The number of primary amides is 2. The van der Waals surface area contributed by atoms with E-state index in [2.05, 4.69) is 25.1 Å². The number of nitrogen functional groups attached to an aromatic ring is 1. The second-order valence-electron chi connectivity index (χ2n) is 13.2. The van der Waals surface area contributed by atoms with Gasteiger partial charge >= 0.3 is 5.97 Å². The Morgan fingerprint density at radius 2 is 1.11 bits per heavy atom. The molecule has 0 bridgehead atoms. The van der Waals surface area contributed by atoms with Gasteiger partial charge in [-0.3, -0.25) is 14.4 Å². The third-order valence-corrected chi connectivity index (χ3v) is 13.3. The van der Waals surface area contributed by atoms with Crippen LogP contribution in [0.15, 0.2) is 94.3 Å². The van der Waals surface area contributed by atoms with Crippen LogP contribution in [-0.4, -0.2) is 64.9 Å². The van der Waals surface area contributed by atoms with Gasteiger partial charge in [0.15, 0.2) is 5.69 Å². The minimum absolute atomic E-state index is 0.0289. The minimum atomic E-state index is -0.973. The second-order valence-corrected chi connectivity index (χ2v) is 16.8. The summed E-state index contributed by atoms with van der Waals surface area (Å²) in [6.45, 7) is 3.17. The van der Waals surface area contributed by atoms with E-state index >= 15 is 0 Å². The third-order valence-electron chi connectivity index (χ3n) is 9.49. The summed E-state index contributed by atoms with van der Waals surface area (Å²) in [4.78, 5) is 60.6. The maximum Gasteiger partial charge on any atom is 0.355 e. The Kier molecular flexibility index (Phi) is 14.0. The third kappa shape index (κ3) is 10.8. The van der Waals surface area contributed by atoms with Gasteiger partial charge in [-0.2, -0.15) is 0 Å². The van der Waals surface area contributed by atoms with E-state index in [1.54, 1.807) is 33.4 Å². The van der Waals surface area contributed by atoms with E-state index in [0.29, 0.717) is 5.69 Å². The van der Waals surface area contributed by atoms with Gasteiger partial charge in [0.2, 0.25) is 11.8 Å². The first-order valence-electron chi connectivity index (χ1n) is 18.1. The van der Waals surface area contributed by atoms with Crippen molar-refractivity contribution in [1.82, 2.24) is 9.97 Å². The van der Waals surface area contributed by atoms with E-state index in [1.165, 1.54) is 22.7 Å². The number of piperidine rings is 2. The highest BCUT2D eigenvalue weighted by Crippen LogP contribution is 2.32. The van der Waals surface area contributed by atoms with Crippen molar-refractivity contribution in [2.45, 2.75) is 25.7 Å². The Balaban J connectivity index is 0.000000160. The number of thiophene rings is 2. The number of carbonyl (C=O) groups excluding carboxylic acids is 3. The number of anilines is 4. The lowest BCUT2D eigenvalue weighted by Crippen LogP contribution is -2.38. The molecule has 13 nitrogen and oxygen atoms in total. The molecular weight excluding hydrogens is 801 g/mol. The number of nitrogens with two attached hydrogens (primary N) is 3. The monoisotopic (exact) mass is 842 g/mol. The number of aromatic carboxylic acids is 1. The molecule has 0 spiro atoms. The van der Waals surface area contributed by atoms with Crippen LogP contribution in [0, 0.1) is 11.8 Å². The Morgan fingerprint density at radius 1 is 0.632 bits per heavy atom. The predicted molar refractivity (Wildman–Crippen MR) is 231 cm³/mol. The van der Waals surface area contributed by atoms with Gasteiger partial charge in [0.1, 0.15) is 15.7 Å². The molecule has 2 aliphatic rings. The molecule has 8 N–H and O–H groups in total. The Labute approximate surface area is 345 Å². The van der Waals surface area contributed by atoms with Crippen LogP contribution in [0.3, 0.4) is 0 Å². The fourth-order valence-corrected chi connectivity index (χ4v) is 9.63. The van der Waals surface area contributed by atoms with Gasteiger partial charge in [0.25, 0.3) is 5.91 Å². The maximum absolute atomic E-state index is 12.7. The van der Waals surface area contributed by atoms with Crippen molar-refractivity contribution >= 4 is 91.8 Å². The molecular formula is C40H42N8O5S4. The number of carbonyl (C=O) groups is 4. The van der Waals surface area contributed by atoms with Crippen LogP contribution in [0.25, 0.3) is 19.8 Å². The Bertz CT molecular complexity index is 2260. The first-order chi connectivity index (χ1) is 27.6. The number of thiazole rings is 2. The first-order valence-corrected chi connectivity index (χ1v) is 21.6. The standard InChI is InChI=1S/C20H20N4O2S2.C12H17N3O.C8H5NO2S2/c21-18(25)13-7-9-24(10-8-13)16-5-2-1-4-14(16)22-19(26)15-12-28-20(23-15)17-6-3-11-27-17;13-10-3-1-2-4-11(10)15-7-5-9(6-8-15)12(14)16;10-8(11)5-4-13-7(9-5)6-2-1-3-12-6/h1-6,11-13H,7-10H2,(H2,21,25)(H,22,26);1-4,9H,5-8,13H2,(H2,14,16);1-4H,(H,10,11). The Morgan fingerprint density at radius 3 is 1.58 bits per heavy atom. The summed E-state index contributed by atoms with van der Waals surface area (Å²) in [6.07, 6.45) is 3.11. The van der Waals surface area contributed by atoms with Gasteiger partial charge in [-0.1, -0.05) is 36.4 Å². The zero-order valence-corrected chi connectivity index (χ0v) is 34.0. The van der Waals surface area contributed by atoms with Crippen LogP contribution < -0.4 is 32.3 Å². The highest BCUT2D eigenvalue weighted by Gasteiger charge is 2.26. The lowest BCUT2D eigenvalue weighted by Gasteiger charge is -2.33. The number of carboxylic acids is 1. The summed E-state index contributed by atoms with van der Waals surface area (Å²) < 4.78 is 0. The molecule has 0 atom stereocenters. The lowest BCUT2D eigenvalue weighted by atomic mass is 9.96. The van der Waals surface area contributed by atoms with Crippen LogP contribution in [0.2, 0.25) is 0 Å². The number of rotatable bonds is 9. The van der Waals surface area contributed by atoms with E-state index in [1.807, 2.05) is 83.6 Å². The van der Waals surface area contributed by atoms with Crippen LogP contribution in [-0.2, 0) is 9.59 Å². The van der Waals surface area contributed by atoms with Gasteiger partial charge in [0, 0.05) is 48.8 Å². The summed E-state index contributed by atoms with van der Waals surface area (Å²) in [5.74, 6) is -1.64. The molecule has 2 aliphatic heterocycles. The number of aromatic nitrogens is 2. The molecule has 17 heteroatoms. The fraction of sp³-hybridized carbons (Fsp3) is 0.250. The fourth-order valence-electron chi connectivity index (χ4n) is 6.40. The quantitative estimate of drug-likeness (QED) is 0.0913. The maximum atomic E-state index is 12.7. The summed E-state index contributed by atoms with van der Waals surface area (Å²) in [5.41, 5.74) is 20.7. The molecule has 0 aliphatic carbocycles. The van der Waals surface area contributed by atoms with E-state index in [4.69, 9.17) is 22.3 Å². The van der Waals surface area contributed by atoms with Crippen molar-refractivity contribution < 1.29 is 24.3 Å². The molecule has 0 unspecified atom stereocenters. The molecule has 3 amide bonds. The number of nitrogens with zero attached hydrogens (tertiary/aromatic N) is 4. The first kappa shape index (κ1) is 41.0. The number of amides is 3. The van der Waals surface area contributed by atoms with Crippen LogP contribution >= 0.6 is 45.3 Å². The number of hydrogen-bond donors (Lipinski definition) is 5. The van der Waals surface area contributed by atoms with Crippen molar-refractivity contribution in [2.24, 2.45) is 23.3 Å². The summed E-state index contributed by atoms with van der Waals surface area (Å²) in [5, 5.41) is 20.5. The number of nitrogens with one attached hydrogen (secondary N) is 1. The van der Waals surface area contributed by atoms with Crippen molar-refractivity contribution in [3.8, 4) is 19.8 Å². The number of benzene rings is 2. The van der Waals surface area contributed by atoms with Crippen molar-refractivity contribution in [3.63, 3.8) is 0 Å². The van der Waals surface area contributed by atoms with Crippen molar-refractivity contribution in [1.29, 1.82) is 0 Å². The molecule has 8 rings (SSSR count). The number of para-hydroxylation sites is 4. The molecule has 2 fully saturated rings. The Hall–Kier alpha value is -5.62. The molecule has 6 heterocycles. The molecule has 4 aromatic heterocycles. The van der Waals surface area contributed by atoms with Gasteiger partial charge in [-0.15, -0.1) is 45.3 Å². The molecule has 0 radical (unpaired) electrons. The lowest BCUT2D eigenvalue weighted by molar-refractivity contribution is -0.123. The molecule has 2 aromatic carbocycles. The minimum Gasteiger partial charge on any atom is -0.476 e. The van der Waals surface area contributed by atoms with E-state index in [-0.39, 0.29) is 35.3 Å². The summed E-state index contributed by atoms with van der Waals surface area (Å²) in [7, 11) is 0. The van der Waals surface area contributed by atoms with Crippen LogP contribution in [0.5, 0.6) is 0 Å². The number of carboxylic acid groups (broad SMARTS) is 1. The smallest absolute Gasteiger partial charge is 0.355 e. The van der Waals surface area contributed by atoms with Crippen LogP contribution in [0.4, 0.5) is 22.7 Å². The highest BCUT2D eigenvalue weighted by atomic mass is 32.1. The zero-order chi connectivity index (χ0) is 40.3. The zero-order valence-electron chi connectivity index (χ0n) is 30.8. The molecule has 2 saturated heterocycles. The molecule has 6 aromatic rings. The van der Waals surface area contributed by atoms with Crippen molar-refractivity contribution in [2.75, 3.05) is 47.0 Å². The topological polar surface area (TPSA) is 211 Å². The van der Waals surface area contributed by atoms with E-state index in [9.17, 15) is 19.2 Å². The van der Waals surface area contributed by atoms with Crippen molar-refractivity contribution in [3.05, 3.63) is 106 Å². The van der Waals surface area contributed by atoms with E-state index < -0.39 is 5.97 Å². The molecule has 296 valence electrons. The predicted octanol–water partition coefficient (Wildman–Crippen LogP) is 7.37. The molecule has 0 saturated carbocycles. The average molecular weight is 843 g/mol. The van der Waals surface area contributed by atoms with Gasteiger partial charge in [-0.05, 0) is 72.8 Å². The summed E-state index contributed by atoms with van der Waals surface area (Å²) >= 11 is 5.98. The largest absolute Gasteiger partial charge is 0.476 e. The van der Waals surface area contributed by atoms with Crippen LogP contribution in [0.1, 0.15) is 46.7 Å². The number of hydrogen-bond acceptors (Lipinski definition) is 13. The average Bonchev–Trinajstić information content (AvgIpc) is 4.07. The normalized spacial score (nSPS) is 14.5. The molecule has 57 heavy (non-hydrogen) atoms. The second kappa shape index (κ2) is 19.5. The van der Waals surface area contributed by atoms with E-state index in [0.717, 1.165) is 94.4 Å². The summed E-state index contributed by atoms with van der Waals surface area (Å²) in [6, 6.07) is 23.3.